The molecule has 4 rings (SSSR count). The van der Waals surface area contributed by atoms with E-state index in [-0.39, 0.29) is 17.8 Å². The van der Waals surface area contributed by atoms with Gasteiger partial charge in [-0.3, -0.25) is 0 Å². The van der Waals surface area contributed by atoms with Gasteiger partial charge in [0.1, 0.15) is 0 Å². The average molecular weight is 375 g/mol. The topological polar surface area (TPSA) is 64.9 Å². The summed E-state index contributed by atoms with van der Waals surface area (Å²) in [7, 11) is 0. The monoisotopic (exact) mass is 373 g/mol. The maximum absolute atomic E-state index is 6.42. The zero-order valence-corrected chi connectivity index (χ0v) is 14.8. The summed E-state index contributed by atoms with van der Waals surface area (Å²) in [6.45, 7) is 0. The number of aromatic nitrogens is 2. The molecule has 0 radical (unpaired) electrons. The van der Waals surface area contributed by atoms with Crippen molar-refractivity contribution in [2.24, 2.45) is 5.73 Å². The van der Waals surface area contributed by atoms with Gasteiger partial charge >= 0.3 is 0 Å². The minimum Gasteiger partial charge on any atom is -0.338 e. The van der Waals surface area contributed by atoms with Gasteiger partial charge in [-0.25, -0.2) is 0 Å². The second-order valence-electron chi connectivity index (χ2n) is 6.47. The minimum atomic E-state index is -0.442. The van der Waals surface area contributed by atoms with Gasteiger partial charge in [-0.2, -0.15) is 4.98 Å². The smallest absolute Gasteiger partial charge is 0.237 e. The summed E-state index contributed by atoms with van der Waals surface area (Å²) in [5, 5.41) is 5.46. The van der Waals surface area contributed by atoms with Crippen LogP contribution in [0.4, 0.5) is 0 Å². The minimum absolute atomic E-state index is 0. The number of nitrogens with two attached hydrogens (primary N) is 1. The van der Waals surface area contributed by atoms with Crippen LogP contribution in [0.3, 0.4) is 0 Å². The van der Waals surface area contributed by atoms with Crippen molar-refractivity contribution in [3.8, 4) is 0 Å². The normalized spacial score (nSPS) is 21.0. The molecule has 0 spiro atoms. The number of rotatable bonds is 3. The van der Waals surface area contributed by atoms with E-state index in [0.717, 1.165) is 44.1 Å². The molecule has 124 valence electrons. The van der Waals surface area contributed by atoms with Crippen molar-refractivity contribution in [1.82, 2.24) is 10.1 Å². The van der Waals surface area contributed by atoms with Crippen LogP contribution in [0, 0.1) is 0 Å². The summed E-state index contributed by atoms with van der Waals surface area (Å²) < 4.78 is 5.58. The summed E-state index contributed by atoms with van der Waals surface area (Å²) in [6.07, 6.45) is 5.87. The molecule has 7 heteroatoms. The second-order valence-corrected chi connectivity index (χ2v) is 7.28. The van der Waals surface area contributed by atoms with Crippen LogP contribution < -0.4 is 5.73 Å². The Morgan fingerprint density at radius 1 is 1.04 bits per heavy atom. The first kappa shape index (κ1) is 17.0. The van der Waals surface area contributed by atoms with E-state index in [9.17, 15) is 0 Å². The highest BCUT2D eigenvalue weighted by Gasteiger charge is 2.53. The molecule has 2 saturated carbocycles. The van der Waals surface area contributed by atoms with Crippen LogP contribution in [0.5, 0.6) is 0 Å². The molecule has 0 saturated heterocycles. The van der Waals surface area contributed by atoms with Crippen molar-refractivity contribution in [2.75, 3.05) is 0 Å². The standard InChI is InChI=1S/C16H17Cl2N3O.ClH/c17-10-4-3-5-11(18)12(10)15(8-9-15)14-20-13(21-22-14)16(19)6-1-2-7-16;/h3-5H,1-2,6-9,19H2;1H. The summed E-state index contributed by atoms with van der Waals surface area (Å²) in [5.41, 5.74) is 6.53. The summed E-state index contributed by atoms with van der Waals surface area (Å²) in [4.78, 5) is 4.64. The largest absolute Gasteiger partial charge is 0.338 e. The van der Waals surface area contributed by atoms with Crippen molar-refractivity contribution >= 4 is 35.6 Å². The Balaban J connectivity index is 0.00000156. The Morgan fingerprint density at radius 3 is 2.22 bits per heavy atom. The fourth-order valence-electron chi connectivity index (χ4n) is 3.50. The second kappa shape index (κ2) is 5.92. The van der Waals surface area contributed by atoms with Gasteiger partial charge in [-0.05, 0) is 37.8 Å². The molecule has 2 fully saturated rings. The molecule has 2 N–H and O–H groups in total. The molecule has 1 aromatic heterocycles. The van der Waals surface area contributed by atoms with Gasteiger partial charge < -0.3 is 10.3 Å². The number of halogens is 3. The van der Waals surface area contributed by atoms with Crippen LogP contribution in [0.25, 0.3) is 0 Å². The zero-order chi connectivity index (χ0) is 15.4. The van der Waals surface area contributed by atoms with Crippen LogP contribution in [0.1, 0.15) is 55.8 Å². The lowest BCUT2D eigenvalue weighted by Gasteiger charge is -2.18. The Kier molecular flexibility index (Phi) is 4.38. The lowest BCUT2D eigenvalue weighted by atomic mass is 9.95. The molecule has 0 atom stereocenters. The first-order valence-electron chi connectivity index (χ1n) is 7.63. The van der Waals surface area contributed by atoms with Crippen molar-refractivity contribution in [2.45, 2.75) is 49.5 Å². The van der Waals surface area contributed by atoms with Crippen molar-refractivity contribution < 1.29 is 4.52 Å². The molecule has 1 heterocycles. The van der Waals surface area contributed by atoms with E-state index in [1.54, 1.807) is 0 Å². The Bertz CT molecular complexity index is 701. The van der Waals surface area contributed by atoms with Gasteiger partial charge in [0.25, 0.3) is 0 Å². The average Bonchev–Trinajstić information content (AvgIpc) is 2.93. The molecule has 2 aromatic rings. The number of benzene rings is 1. The van der Waals surface area contributed by atoms with Crippen molar-refractivity contribution in [3.05, 3.63) is 45.5 Å². The molecular formula is C16H18Cl3N3O. The van der Waals surface area contributed by atoms with Gasteiger partial charge in [0.2, 0.25) is 5.89 Å². The molecule has 0 unspecified atom stereocenters. The molecule has 2 aliphatic rings. The molecule has 1 aromatic carbocycles. The molecule has 2 aliphatic carbocycles. The van der Waals surface area contributed by atoms with E-state index in [4.69, 9.17) is 33.5 Å². The van der Waals surface area contributed by atoms with E-state index in [1.807, 2.05) is 18.2 Å². The maximum atomic E-state index is 6.42. The molecule has 23 heavy (non-hydrogen) atoms. The van der Waals surface area contributed by atoms with Gasteiger partial charge in [-0.15, -0.1) is 12.4 Å². The van der Waals surface area contributed by atoms with Crippen LogP contribution in [0.2, 0.25) is 10.0 Å². The van der Waals surface area contributed by atoms with E-state index in [1.165, 1.54) is 0 Å². The third kappa shape index (κ3) is 2.66. The third-order valence-corrected chi connectivity index (χ3v) is 5.60. The number of hydrogen-bond donors (Lipinski definition) is 1. The highest BCUT2D eigenvalue weighted by Crippen LogP contribution is 2.57. The first-order chi connectivity index (χ1) is 10.6. The van der Waals surface area contributed by atoms with Gasteiger partial charge in [0, 0.05) is 15.6 Å². The van der Waals surface area contributed by atoms with Crippen LogP contribution in [-0.2, 0) is 11.0 Å². The van der Waals surface area contributed by atoms with Crippen molar-refractivity contribution in [1.29, 1.82) is 0 Å². The summed E-state index contributed by atoms with van der Waals surface area (Å²) in [5.74, 6) is 1.21. The van der Waals surface area contributed by atoms with Crippen LogP contribution in [0.15, 0.2) is 22.7 Å². The third-order valence-electron chi connectivity index (χ3n) is 4.97. The lowest BCUT2D eigenvalue weighted by Crippen LogP contribution is -2.34. The zero-order valence-electron chi connectivity index (χ0n) is 12.5. The van der Waals surface area contributed by atoms with Crippen LogP contribution in [-0.4, -0.2) is 10.1 Å². The maximum Gasteiger partial charge on any atom is 0.237 e. The lowest BCUT2D eigenvalue weighted by molar-refractivity contribution is 0.337. The molecule has 4 nitrogen and oxygen atoms in total. The predicted molar refractivity (Wildman–Crippen MR) is 92.4 cm³/mol. The van der Waals surface area contributed by atoms with E-state index >= 15 is 0 Å². The highest BCUT2D eigenvalue weighted by molar-refractivity contribution is 6.36. The van der Waals surface area contributed by atoms with Crippen molar-refractivity contribution in [3.63, 3.8) is 0 Å². The molecule has 0 amide bonds. The van der Waals surface area contributed by atoms with Gasteiger partial charge in [-0.1, -0.05) is 47.3 Å². The van der Waals surface area contributed by atoms with Gasteiger partial charge in [0.15, 0.2) is 5.82 Å². The van der Waals surface area contributed by atoms with E-state index in [0.29, 0.717) is 21.8 Å². The number of hydrogen-bond acceptors (Lipinski definition) is 4. The Morgan fingerprint density at radius 2 is 1.65 bits per heavy atom. The van der Waals surface area contributed by atoms with E-state index in [2.05, 4.69) is 10.1 Å². The SMILES string of the molecule is Cl.NC1(c2noc(C3(c4c(Cl)cccc4Cl)CC3)n2)CCCC1. The summed E-state index contributed by atoms with van der Waals surface area (Å²) in [6, 6.07) is 5.54. The fourth-order valence-corrected chi connectivity index (χ4v) is 4.26. The summed E-state index contributed by atoms with van der Waals surface area (Å²) >= 11 is 12.7. The molecule has 0 aliphatic heterocycles. The molecule has 0 bridgehead atoms. The Hall–Kier alpha value is -0.810. The fraction of sp³-hybridized carbons (Fsp3) is 0.500. The van der Waals surface area contributed by atoms with Crippen LogP contribution >= 0.6 is 35.6 Å². The predicted octanol–water partition coefficient (Wildman–Crippen LogP) is 4.61. The first-order valence-corrected chi connectivity index (χ1v) is 8.39. The number of nitrogens with zero attached hydrogens (tertiary/aromatic N) is 2. The quantitative estimate of drug-likeness (QED) is 0.852. The van der Waals surface area contributed by atoms with Gasteiger partial charge in [0.05, 0.1) is 11.0 Å². The van der Waals surface area contributed by atoms with E-state index < -0.39 is 5.54 Å². The highest BCUT2D eigenvalue weighted by atomic mass is 35.5. The molecular weight excluding hydrogens is 357 g/mol. The Labute approximate surface area is 151 Å².